The summed E-state index contributed by atoms with van der Waals surface area (Å²) < 4.78 is 4.99. The Hall–Kier alpha value is -3.22. The molecule has 0 unspecified atom stereocenters. The monoisotopic (exact) mass is 314 g/mol. The molecule has 23 heavy (non-hydrogen) atoms. The van der Waals surface area contributed by atoms with Crippen molar-refractivity contribution in [2.75, 3.05) is 5.32 Å². The first-order valence-electron chi connectivity index (χ1n) is 6.75. The van der Waals surface area contributed by atoms with Gasteiger partial charge in [0.25, 0.3) is 5.91 Å². The second kappa shape index (κ2) is 7.17. The van der Waals surface area contributed by atoms with E-state index in [-0.39, 0.29) is 17.9 Å². The number of para-hydroxylation sites is 1. The minimum atomic E-state index is -0.529. The van der Waals surface area contributed by atoms with Gasteiger partial charge in [-0.05, 0) is 24.3 Å². The average molecular weight is 314 g/mol. The molecule has 0 aromatic heterocycles. The van der Waals surface area contributed by atoms with Gasteiger partial charge in [-0.3, -0.25) is 19.7 Å². The lowest BCUT2D eigenvalue weighted by molar-refractivity contribution is -0.496. The van der Waals surface area contributed by atoms with Gasteiger partial charge in [-0.25, -0.2) is 0 Å². The highest BCUT2D eigenvalue weighted by Crippen LogP contribution is 2.20. The molecular weight excluding hydrogens is 300 g/mol. The Morgan fingerprint density at radius 2 is 1.91 bits per heavy atom. The lowest BCUT2D eigenvalue weighted by Gasteiger charge is -2.10. The topological polar surface area (TPSA) is 98.5 Å². The summed E-state index contributed by atoms with van der Waals surface area (Å²) in [6.45, 7) is 0.920. The molecule has 0 aliphatic carbocycles. The third-order valence-corrected chi connectivity index (χ3v) is 2.88. The fourth-order valence-electron chi connectivity index (χ4n) is 1.99. The van der Waals surface area contributed by atoms with E-state index in [1.165, 1.54) is 25.1 Å². The molecule has 1 N–H and O–H groups in total. The second-order valence-corrected chi connectivity index (χ2v) is 4.74. The Balaban J connectivity index is 2.19. The molecule has 7 nitrogen and oxygen atoms in total. The summed E-state index contributed by atoms with van der Waals surface area (Å²) in [6.07, 6.45) is 0. The summed E-state index contributed by atoms with van der Waals surface area (Å²) in [7, 11) is 0. The number of nitrogens with one attached hydrogen (secondary N) is 1. The van der Waals surface area contributed by atoms with E-state index in [4.69, 9.17) is 4.74 Å². The summed E-state index contributed by atoms with van der Waals surface area (Å²) in [5.41, 5.74) is 1.09. The van der Waals surface area contributed by atoms with Gasteiger partial charge in [0, 0.05) is 23.1 Å². The number of benzene rings is 2. The van der Waals surface area contributed by atoms with Crippen molar-refractivity contribution in [3.05, 3.63) is 69.8 Å². The third kappa shape index (κ3) is 4.63. The van der Waals surface area contributed by atoms with Crippen molar-refractivity contribution < 1.29 is 19.2 Å². The standard InChI is InChI=1S/C16H14N2O5/c1-11(19)23-15-8-3-2-7-14(15)16(20)17-13-6-4-5-12(9-13)10-18(21)22/h2-9H,10H2,1H3,(H,17,20). The van der Waals surface area contributed by atoms with Crippen LogP contribution < -0.4 is 10.1 Å². The zero-order valence-corrected chi connectivity index (χ0v) is 12.3. The smallest absolute Gasteiger partial charge is 0.308 e. The maximum absolute atomic E-state index is 12.3. The minimum Gasteiger partial charge on any atom is -0.426 e. The molecule has 2 rings (SSSR count). The molecule has 0 heterocycles. The zero-order valence-electron chi connectivity index (χ0n) is 12.3. The number of nitrogens with zero attached hydrogens (tertiary/aromatic N) is 1. The van der Waals surface area contributed by atoms with Gasteiger partial charge in [-0.1, -0.05) is 24.3 Å². The van der Waals surface area contributed by atoms with Gasteiger partial charge in [0.2, 0.25) is 6.54 Å². The highest BCUT2D eigenvalue weighted by atomic mass is 16.6. The average Bonchev–Trinajstić information content (AvgIpc) is 2.46. The summed E-state index contributed by atoms with van der Waals surface area (Å²) in [4.78, 5) is 33.5. The SMILES string of the molecule is CC(=O)Oc1ccccc1C(=O)Nc1cccc(C[N+](=O)[O-])c1. The molecule has 0 radical (unpaired) electrons. The molecule has 0 fully saturated rings. The molecule has 0 saturated carbocycles. The van der Waals surface area contributed by atoms with Crippen molar-refractivity contribution >= 4 is 17.6 Å². The van der Waals surface area contributed by atoms with Crippen LogP contribution in [0, 0.1) is 10.1 Å². The van der Waals surface area contributed by atoms with Crippen LogP contribution in [0.4, 0.5) is 5.69 Å². The summed E-state index contributed by atoms with van der Waals surface area (Å²) >= 11 is 0. The van der Waals surface area contributed by atoms with Crippen molar-refractivity contribution in [2.45, 2.75) is 13.5 Å². The molecule has 1 amide bonds. The van der Waals surface area contributed by atoms with Crippen LogP contribution in [-0.4, -0.2) is 16.8 Å². The van der Waals surface area contributed by atoms with Gasteiger partial charge in [0.15, 0.2) is 0 Å². The van der Waals surface area contributed by atoms with Crippen LogP contribution in [0.1, 0.15) is 22.8 Å². The van der Waals surface area contributed by atoms with Crippen molar-refractivity contribution in [2.24, 2.45) is 0 Å². The Morgan fingerprint density at radius 1 is 1.17 bits per heavy atom. The minimum absolute atomic E-state index is 0.152. The summed E-state index contributed by atoms with van der Waals surface area (Å²) in [5, 5.41) is 13.2. The van der Waals surface area contributed by atoms with Crippen molar-refractivity contribution in [3.63, 3.8) is 0 Å². The predicted octanol–water partition coefficient (Wildman–Crippen LogP) is 2.64. The first-order valence-corrected chi connectivity index (χ1v) is 6.75. The molecule has 0 aliphatic rings. The van der Waals surface area contributed by atoms with E-state index in [9.17, 15) is 19.7 Å². The van der Waals surface area contributed by atoms with Crippen molar-refractivity contribution in [1.29, 1.82) is 0 Å². The van der Waals surface area contributed by atoms with Gasteiger partial charge < -0.3 is 10.1 Å². The molecule has 0 aliphatic heterocycles. The van der Waals surface area contributed by atoms with Crippen LogP contribution in [0.2, 0.25) is 0 Å². The molecule has 0 atom stereocenters. The molecule has 0 saturated heterocycles. The van der Waals surface area contributed by atoms with E-state index >= 15 is 0 Å². The molecule has 118 valence electrons. The van der Waals surface area contributed by atoms with Crippen molar-refractivity contribution in [1.82, 2.24) is 0 Å². The fourth-order valence-corrected chi connectivity index (χ4v) is 1.99. The number of carbonyl (C=O) groups excluding carboxylic acids is 2. The molecule has 2 aromatic rings. The van der Waals surface area contributed by atoms with Crippen LogP contribution >= 0.6 is 0 Å². The number of hydrogen-bond donors (Lipinski definition) is 1. The van der Waals surface area contributed by atoms with Gasteiger partial charge in [-0.15, -0.1) is 0 Å². The number of hydrogen-bond acceptors (Lipinski definition) is 5. The Bertz CT molecular complexity index is 758. The molecule has 0 spiro atoms. The third-order valence-electron chi connectivity index (χ3n) is 2.88. The van der Waals surface area contributed by atoms with E-state index in [2.05, 4.69) is 5.32 Å². The fraction of sp³-hybridized carbons (Fsp3) is 0.125. The first kappa shape index (κ1) is 16.2. The normalized spacial score (nSPS) is 9.96. The molecule has 2 aromatic carbocycles. The van der Waals surface area contributed by atoms with Crippen LogP contribution in [-0.2, 0) is 11.3 Å². The van der Waals surface area contributed by atoms with Crippen LogP contribution in [0.5, 0.6) is 5.75 Å². The highest BCUT2D eigenvalue weighted by molar-refractivity contribution is 6.06. The van der Waals surface area contributed by atoms with Crippen molar-refractivity contribution in [3.8, 4) is 5.75 Å². The molecule has 0 bridgehead atoms. The Kier molecular flexibility index (Phi) is 5.03. The lowest BCUT2D eigenvalue weighted by Crippen LogP contribution is -2.15. The van der Waals surface area contributed by atoms with Gasteiger partial charge in [-0.2, -0.15) is 0 Å². The van der Waals surface area contributed by atoms with E-state index in [1.807, 2.05) is 0 Å². The second-order valence-electron chi connectivity index (χ2n) is 4.74. The predicted molar refractivity (Wildman–Crippen MR) is 82.8 cm³/mol. The highest BCUT2D eigenvalue weighted by Gasteiger charge is 2.14. The summed E-state index contributed by atoms with van der Waals surface area (Å²) in [5.74, 6) is -0.850. The lowest BCUT2D eigenvalue weighted by atomic mass is 10.1. The number of anilines is 1. The molecular formula is C16H14N2O5. The number of rotatable bonds is 5. The zero-order chi connectivity index (χ0) is 16.8. The van der Waals surface area contributed by atoms with Gasteiger partial charge in [0.1, 0.15) is 5.75 Å². The van der Waals surface area contributed by atoms with E-state index in [0.29, 0.717) is 11.3 Å². The number of carbonyl (C=O) groups is 2. The van der Waals surface area contributed by atoms with Crippen LogP contribution in [0.3, 0.4) is 0 Å². The Labute approximate surface area is 132 Å². The van der Waals surface area contributed by atoms with Gasteiger partial charge in [0.05, 0.1) is 5.56 Å². The number of ether oxygens (including phenoxy) is 1. The van der Waals surface area contributed by atoms with Crippen LogP contribution in [0.25, 0.3) is 0 Å². The number of esters is 1. The maximum Gasteiger partial charge on any atom is 0.308 e. The van der Waals surface area contributed by atoms with E-state index < -0.39 is 16.8 Å². The van der Waals surface area contributed by atoms with Crippen LogP contribution in [0.15, 0.2) is 48.5 Å². The number of amides is 1. The number of nitro groups is 1. The maximum atomic E-state index is 12.3. The van der Waals surface area contributed by atoms with Gasteiger partial charge >= 0.3 is 5.97 Å². The van der Waals surface area contributed by atoms with E-state index in [0.717, 1.165) is 0 Å². The quantitative estimate of drug-likeness (QED) is 0.396. The summed E-state index contributed by atoms with van der Waals surface area (Å²) in [6, 6.07) is 12.7. The molecule has 7 heteroatoms. The first-order chi connectivity index (χ1) is 11.0. The Morgan fingerprint density at radius 3 is 2.61 bits per heavy atom. The van der Waals surface area contributed by atoms with E-state index in [1.54, 1.807) is 30.3 Å². The largest absolute Gasteiger partial charge is 0.426 e.